The van der Waals surface area contributed by atoms with Crippen molar-refractivity contribution in [1.82, 2.24) is 14.5 Å². The zero-order chi connectivity index (χ0) is 21.3. The van der Waals surface area contributed by atoms with Gasteiger partial charge in [0.15, 0.2) is 0 Å². The Bertz CT molecular complexity index is 1190. The maximum Gasteiger partial charge on any atom is 0.316 e. The van der Waals surface area contributed by atoms with Gasteiger partial charge in [0.05, 0.1) is 23.7 Å². The fourth-order valence-corrected chi connectivity index (χ4v) is 4.20. The van der Waals surface area contributed by atoms with Crippen LogP contribution in [-0.4, -0.2) is 33.5 Å². The lowest BCUT2D eigenvalue weighted by Crippen LogP contribution is -2.36. The lowest BCUT2D eigenvalue weighted by Gasteiger charge is -2.25. The van der Waals surface area contributed by atoms with Gasteiger partial charge in [0.2, 0.25) is 0 Å². The zero-order valence-corrected chi connectivity index (χ0v) is 17.2. The molecule has 1 amide bonds. The van der Waals surface area contributed by atoms with Gasteiger partial charge in [-0.05, 0) is 62.6 Å². The molecule has 1 saturated heterocycles. The van der Waals surface area contributed by atoms with E-state index in [1.807, 2.05) is 43.0 Å². The summed E-state index contributed by atoms with van der Waals surface area (Å²) in [4.78, 5) is 41.8. The Morgan fingerprint density at radius 3 is 2.60 bits per heavy atom. The Kier molecular flexibility index (Phi) is 5.44. The first-order valence-electron chi connectivity index (χ1n) is 10.3. The third-order valence-corrected chi connectivity index (χ3v) is 5.63. The Morgan fingerprint density at radius 2 is 1.90 bits per heavy atom. The van der Waals surface area contributed by atoms with Crippen LogP contribution in [0.4, 0.5) is 0 Å². The summed E-state index contributed by atoms with van der Waals surface area (Å²) in [6.07, 6.45) is 1.84. The maximum atomic E-state index is 13.3. The smallest absolute Gasteiger partial charge is 0.316 e. The molecule has 1 N–H and O–H groups in total. The minimum atomic E-state index is -0.678. The van der Waals surface area contributed by atoms with Crippen LogP contribution in [0.3, 0.4) is 0 Å². The van der Waals surface area contributed by atoms with E-state index in [2.05, 4.69) is 4.98 Å². The van der Waals surface area contributed by atoms with E-state index in [9.17, 15) is 14.4 Å². The fourth-order valence-electron chi connectivity index (χ4n) is 4.20. The van der Waals surface area contributed by atoms with Gasteiger partial charge in [-0.25, -0.2) is 0 Å². The fraction of sp³-hybridized carbons (Fsp3) is 0.348. The van der Waals surface area contributed by atoms with Crippen LogP contribution in [0.25, 0.3) is 11.0 Å². The number of carbonyl (C=O) groups is 1. The monoisotopic (exact) mass is 407 g/mol. The van der Waals surface area contributed by atoms with Gasteiger partial charge < -0.3 is 19.2 Å². The van der Waals surface area contributed by atoms with Crippen LogP contribution in [0, 0.1) is 0 Å². The summed E-state index contributed by atoms with van der Waals surface area (Å²) in [6.45, 7) is 5.44. The number of H-pyrrole nitrogens is 1. The standard InChI is InChI=1S/C23H25N3O4/c1-3-25-20-12-9-16(14-18(20)24-21(27)23(25)29)22(28)26-13-5-6-19(26)15-7-10-17(11-8-15)30-4-2/h7-12,14,19H,3-6,13H2,1-2H3,(H,24,27). The van der Waals surface area contributed by atoms with Crippen LogP contribution in [0.15, 0.2) is 52.1 Å². The molecule has 0 saturated carbocycles. The molecule has 2 aromatic carbocycles. The van der Waals surface area contributed by atoms with E-state index >= 15 is 0 Å². The van der Waals surface area contributed by atoms with E-state index in [1.165, 1.54) is 4.57 Å². The molecule has 7 heteroatoms. The lowest BCUT2D eigenvalue weighted by molar-refractivity contribution is 0.0736. The summed E-state index contributed by atoms with van der Waals surface area (Å²) in [7, 11) is 0. The van der Waals surface area contributed by atoms with Gasteiger partial charge >= 0.3 is 11.1 Å². The van der Waals surface area contributed by atoms with Crippen LogP contribution in [-0.2, 0) is 6.54 Å². The van der Waals surface area contributed by atoms with Crippen molar-refractivity contribution in [2.45, 2.75) is 39.3 Å². The molecule has 2 heterocycles. The molecular weight excluding hydrogens is 382 g/mol. The largest absolute Gasteiger partial charge is 0.494 e. The van der Waals surface area contributed by atoms with Crippen molar-refractivity contribution in [2.75, 3.05) is 13.2 Å². The summed E-state index contributed by atoms with van der Waals surface area (Å²) < 4.78 is 6.93. The lowest BCUT2D eigenvalue weighted by atomic mass is 10.0. The Morgan fingerprint density at radius 1 is 1.13 bits per heavy atom. The topological polar surface area (TPSA) is 84.4 Å². The van der Waals surface area contributed by atoms with E-state index in [0.29, 0.717) is 36.3 Å². The normalized spacial score (nSPS) is 16.2. The number of nitrogens with zero attached hydrogens (tertiary/aromatic N) is 2. The van der Waals surface area contributed by atoms with Crippen molar-refractivity contribution in [2.24, 2.45) is 0 Å². The number of benzene rings is 2. The third kappa shape index (κ3) is 3.51. The molecule has 30 heavy (non-hydrogen) atoms. The number of likely N-dealkylation sites (tertiary alicyclic amines) is 1. The van der Waals surface area contributed by atoms with E-state index in [1.54, 1.807) is 18.2 Å². The summed E-state index contributed by atoms with van der Waals surface area (Å²) >= 11 is 0. The van der Waals surface area contributed by atoms with Gasteiger partial charge in [-0.15, -0.1) is 0 Å². The van der Waals surface area contributed by atoms with Crippen molar-refractivity contribution in [3.05, 3.63) is 74.3 Å². The highest BCUT2D eigenvalue weighted by Crippen LogP contribution is 2.34. The molecule has 1 aliphatic rings. The zero-order valence-electron chi connectivity index (χ0n) is 17.2. The first-order chi connectivity index (χ1) is 14.5. The Labute approximate surface area is 173 Å². The molecule has 3 aromatic rings. The number of carbonyl (C=O) groups excluding carboxylic acids is 1. The van der Waals surface area contributed by atoms with Crippen molar-refractivity contribution < 1.29 is 9.53 Å². The summed E-state index contributed by atoms with van der Waals surface area (Å²) in [5.74, 6) is 0.737. The summed E-state index contributed by atoms with van der Waals surface area (Å²) in [5.41, 5.74) is 1.42. The minimum Gasteiger partial charge on any atom is -0.494 e. The molecule has 156 valence electrons. The van der Waals surface area contributed by atoms with Crippen molar-refractivity contribution in [3.8, 4) is 5.75 Å². The van der Waals surface area contributed by atoms with Crippen LogP contribution in [0.1, 0.15) is 48.7 Å². The van der Waals surface area contributed by atoms with Crippen LogP contribution < -0.4 is 15.9 Å². The highest BCUT2D eigenvalue weighted by molar-refractivity contribution is 5.97. The SMILES string of the molecule is CCOc1ccc(C2CCCN2C(=O)c2ccc3c(c2)[nH]c(=O)c(=O)n3CC)cc1. The van der Waals surface area contributed by atoms with Gasteiger partial charge in [-0.3, -0.25) is 14.4 Å². The van der Waals surface area contributed by atoms with Gasteiger partial charge in [0.1, 0.15) is 5.75 Å². The minimum absolute atomic E-state index is 0.00696. The number of fused-ring (bicyclic) bond motifs is 1. The molecule has 7 nitrogen and oxygen atoms in total. The van der Waals surface area contributed by atoms with Gasteiger partial charge in [-0.2, -0.15) is 0 Å². The highest BCUT2D eigenvalue weighted by Gasteiger charge is 2.30. The predicted octanol–water partition coefficient (Wildman–Crippen LogP) is 3.09. The number of ether oxygens (including phenoxy) is 1. The van der Waals surface area contributed by atoms with E-state index in [0.717, 1.165) is 24.2 Å². The third-order valence-electron chi connectivity index (χ3n) is 5.63. The number of aryl methyl sites for hydroxylation is 1. The average molecular weight is 407 g/mol. The molecule has 1 aromatic heterocycles. The van der Waals surface area contributed by atoms with E-state index < -0.39 is 11.1 Å². The summed E-state index contributed by atoms with van der Waals surface area (Å²) in [5, 5.41) is 0. The molecule has 1 aliphatic heterocycles. The first kappa shape index (κ1) is 19.9. The quantitative estimate of drug-likeness (QED) is 0.659. The Hall–Kier alpha value is -3.35. The average Bonchev–Trinajstić information content (AvgIpc) is 3.24. The molecule has 0 bridgehead atoms. The highest BCUT2D eigenvalue weighted by atomic mass is 16.5. The first-order valence-corrected chi connectivity index (χ1v) is 10.3. The molecule has 0 aliphatic carbocycles. The van der Waals surface area contributed by atoms with Crippen molar-refractivity contribution >= 4 is 16.9 Å². The number of rotatable bonds is 5. The number of nitrogens with one attached hydrogen (secondary N) is 1. The molecule has 4 rings (SSSR count). The van der Waals surface area contributed by atoms with Gasteiger partial charge in [0, 0.05) is 18.7 Å². The number of aromatic amines is 1. The second-order valence-electron chi connectivity index (χ2n) is 7.39. The van der Waals surface area contributed by atoms with Gasteiger partial charge in [-0.1, -0.05) is 12.1 Å². The van der Waals surface area contributed by atoms with Crippen molar-refractivity contribution in [1.29, 1.82) is 0 Å². The molecule has 1 unspecified atom stereocenters. The second-order valence-corrected chi connectivity index (χ2v) is 7.39. The second kappa shape index (κ2) is 8.18. The van der Waals surface area contributed by atoms with Crippen molar-refractivity contribution in [3.63, 3.8) is 0 Å². The molecule has 0 radical (unpaired) electrons. The predicted molar refractivity (Wildman–Crippen MR) is 115 cm³/mol. The van der Waals surface area contributed by atoms with Gasteiger partial charge in [0.25, 0.3) is 5.91 Å². The molecular formula is C23H25N3O4. The Balaban J connectivity index is 1.66. The van der Waals surface area contributed by atoms with E-state index in [-0.39, 0.29) is 11.9 Å². The summed E-state index contributed by atoms with van der Waals surface area (Å²) in [6, 6.07) is 13.0. The molecule has 1 atom stereocenters. The van der Waals surface area contributed by atoms with Crippen LogP contribution in [0.2, 0.25) is 0 Å². The number of hydrogen-bond donors (Lipinski definition) is 1. The number of hydrogen-bond acceptors (Lipinski definition) is 4. The molecule has 0 spiro atoms. The molecule has 1 fully saturated rings. The maximum absolute atomic E-state index is 13.3. The number of aromatic nitrogens is 2. The number of amides is 1. The van der Waals surface area contributed by atoms with E-state index in [4.69, 9.17) is 4.74 Å². The van der Waals surface area contributed by atoms with Crippen LogP contribution >= 0.6 is 0 Å². The van der Waals surface area contributed by atoms with Crippen LogP contribution in [0.5, 0.6) is 5.75 Å².